The normalized spacial score (nSPS) is 13.3. The average Bonchev–Trinajstić information content (AvgIpc) is 3.54. The Kier molecular flexibility index (Phi) is 5.62. The highest BCUT2D eigenvalue weighted by molar-refractivity contribution is 6.16. The van der Waals surface area contributed by atoms with Crippen molar-refractivity contribution in [2.45, 2.75) is 19.3 Å². The summed E-state index contributed by atoms with van der Waals surface area (Å²) in [6, 6.07) is 47.0. The third kappa shape index (κ3) is 3.57. The predicted octanol–water partition coefficient (Wildman–Crippen LogP) is 12.3. The van der Waals surface area contributed by atoms with E-state index in [0.29, 0.717) is 0 Å². The van der Waals surface area contributed by atoms with Gasteiger partial charge in [-0.15, -0.1) is 0 Å². The van der Waals surface area contributed by atoms with E-state index in [1.807, 2.05) is 12.2 Å². The average molecular weight is 588 g/mol. The Bertz CT molecular complexity index is 2580. The van der Waals surface area contributed by atoms with E-state index < -0.39 is 0 Å². The number of para-hydroxylation sites is 2. The SMILES string of the molecule is C=Cc1c(C=C)c2ccc(-c3ccc4c(c3)C(C)(C)c3cc5c(cc3-4)c3ccccc3n5-c3ccccc3)cc2c2ccccc12. The molecule has 46 heavy (non-hydrogen) atoms. The molecule has 0 saturated heterocycles. The number of benzene rings is 7. The van der Waals surface area contributed by atoms with Crippen molar-refractivity contribution < 1.29 is 0 Å². The number of hydrogen-bond donors (Lipinski definition) is 0. The van der Waals surface area contributed by atoms with Crippen LogP contribution >= 0.6 is 0 Å². The molecular weight excluding hydrogens is 555 g/mol. The van der Waals surface area contributed by atoms with Gasteiger partial charge in [-0.05, 0) is 109 Å². The van der Waals surface area contributed by atoms with Gasteiger partial charge in [-0.2, -0.15) is 0 Å². The first-order valence-corrected chi connectivity index (χ1v) is 16.0. The summed E-state index contributed by atoms with van der Waals surface area (Å²) in [5, 5.41) is 7.48. The molecular formula is C45H33N. The topological polar surface area (TPSA) is 4.93 Å². The summed E-state index contributed by atoms with van der Waals surface area (Å²) in [7, 11) is 0. The minimum Gasteiger partial charge on any atom is -0.309 e. The number of aromatic nitrogens is 1. The van der Waals surface area contributed by atoms with Crippen LogP contribution in [0.2, 0.25) is 0 Å². The molecule has 0 aliphatic heterocycles. The lowest BCUT2D eigenvalue weighted by molar-refractivity contribution is 0.661. The van der Waals surface area contributed by atoms with Crippen LogP contribution in [-0.4, -0.2) is 4.57 Å². The van der Waals surface area contributed by atoms with Gasteiger partial charge in [0.25, 0.3) is 0 Å². The van der Waals surface area contributed by atoms with Gasteiger partial charge in [-0.25, -0.2) is 0 Å². The second kappa shape index (κ2) is 9.67. The zero-order chi connectivity index (χ0) is 31.2. The number of rotatable bonds is 4. The van der Waals surface area contributed by atoms with E-state index >= 15 is 0 Å². The number of fused-ring (bicyclic) bond motifs is 9. The van der Waals surface area contributed by atoms with Crippen molar-refractivity contribution in [3.8, 4) is 27.9 Å². The van der Waals surface area contributed by atoms with E-state index in [4.69, 9.17) is 0 Å². The molecule has 1 aliphatic rings. The molecule has 1 aromatic heterocycles. The third-order valence-electron chi connectivity index (χ3n) is 10.3. The summed E-state index contributed by atoms with van der Waals surface area (Å²) < 4.78 is 2.42. The molecule has 0 spiro atoms. The van der Waals surface area contributed by atoms with Crippen LogP contribution in [0.5, 0.6) is 0 Å². The van der Waals surface area contributed by atoms with Gasteiger partial charge < -0.3 is 4.57 Å². The zero-order valence-electron chi connectivity index (χ0n) is 26.1. The van der Waals surface area contributed by atoms with Gasteiger partial charge in [0, 0.05) is 21.9 Å². The third-order valence-corrected chi connectivity index (χ3v) is 10.3. The van der Waals surface area contributed by atoms with Crippen molar-refractivity contribution in [1.82, 2.24) is 4.57 Å². The number of hydrogen-bond acceptors (Lipinski definition) is 0. The van der Waals surface area contributed by atoms with Gasteiger partial charge in [0.1, 0.15) is 0 Å². The van der Waals surface area contributed by atoms with Gasteiger partial charge in [0.05, 0.1) is 11.0 Å². The predicted molar refractivity (Wildman–Crippen MR) is 199 cm³/mol. The lowest BCUT2D eigenvalue weighted by Gasteiger charge is -2.22. The van der Waals surface area contributed by atoms with E-state index in [-0.39, 0.29) is 5.41 Å². The van der Waals surface area contributed by atoms with Crippen LogP contribution in [0.15, 0.2) is 141 Å². The maximum atomic E-state index is 4.16. The quantitative estimate of drug-likeness (QED) is 0.181. The molecule has 9 rings (SSSR count). The van der Waals surface area contributed by atoms with Crippen LogP contribution in [-0.2, 0) is 5.41 Å². The first-order chi connectivity index (χ1) is 22.5. The van der Waals surface area contributed by atoms with Crippen LogP contribution in [0.4, 0.5) is 0 Å². The van der Waals surface area contributed by atoms with E-state index in [9.17, 15) is 0 Å². The Morgan fingerprint density at radius 2 is 1.09 bits per heavy atom. The van der Waals surface area contributed by atoms with Gasteiger partial charge in [-0.3, -0.25) is 0 Å². The fourth-order valence-electron chi connectivity index (χ4n) is 8.10. The Balaban J connectivity index is 1.24. The molecule has 1 nitrogen and oxygen atoms in total. The first kappa shape index (κ1) is 26.7. The molecule has 0 N–H and O–H groups in total. The molecule has 0 amide bonds. The van der Waals surface area contributed by atoms with Crippen LogP contribution in [0.25, 0.3) is 83.4 Å². The largest absolute Gasteiger partial charge is 0.309 e. The van der Waals surface area contributed by atoms with Gasteiger partial charge in [-0.1, -0.05) is 124 Å². The second-order valence-corrected chi connectivity index (χ2v) is 13.0. The molecule has 0 bridgehead atoms. The summed E-state index contributed by atoms with van der Waals surface area (Å²) in [5.41, 5.74) is 13.7. The van der Waals surface area contributed by atoms with Crippen molar-refractivity contribution in [3.63, 3.8) is 0 Å². The smallest absolute Gasteiger partial charge is 0.0544 e. The second-order valence-electron chi connectivity index (χ2n) is 13.0. The van der Waals surface area contributed by atoms with E-state index in [0.717, 1.165) is 11.1 Å². The fourth-order valence-corrected chi connectivity index (χ4v) is 8.10. The molecule has 0 saturated carbocycles. The molecule has 218 valence electrons. The maximum absolute atomic E-state index is 4.16. The Hall–Kier alpha value is -5.66. The van der Waals surface area contributed by atoms with Crippen LogP contribution in [0, 0.1) is 0 Å². The summed E-state index contributed by atoms with van der Waals surface area (Å²) in [6.07, 6.45) is 3.93. The molecule has 0 unspecified atom stereocenters. The maximum Gasteiger partial charge on any atom is 0.0544 e. The lowest BCUT2D eigenvalue weighted by atomic mass is 9.81. The highest BCUT2D eigenvalue weighted by Crippen LogP contribution is 2.52. The van der Waals surface area contributed by atoms with Crippen molar-refractivity contribution >= 4 is 55.5 Å². The van der Waals surface area contributed by atoms with E-state index in [1.54, 1.807) is 0 Å². The summed E-state index contributed by atoms with van der Waals surface area (Å²) in [4.78, 5) is 0. The molecule has 0 atom stereocenters. The highest BCUT2D eigenvalue weighted by Gasteiger charge is 2.36. The molecule has 1 heteroatoms. The lowest BCUT2D eigenvalue weighted by Crippen LogP contribution is -2.15. The minimum absolute atomic E-state index is 0.148. The molecule has 8 aromatic rings. The van der Waals surface area contributed by atoms with E-state index in [1.165, 1.54) is 82.4 Å². The van der Waals surface area contributed by atoms with Crippen LogP contribution in [0.1, 0.15) is 36.1 Å². The highest BCUT2D eigenvalue weighted by atomic mass is 15.0. The molecule has 1 heterocycles. The fraction of sp³-hybridized carbons (Fsp3) is 0.0667. The molecule has 1 aliphatic carbocycles. The van der Waals surface area contributed by atoms with Crippen molar-refractivity contribution in [2.24, 2.45) is 0 Å². The zero-order valence-corrected chi connectivity index (χ0v) is 26.1. The van der Waals surface area contributed by atoms with Crippen molar-refractivity contribution in [1.29, 1.82) is 0 Å². The Morgan fingerprint density at radius 3 is 1.85 bits per heavy atom. The standard InChI is InChI=1S/C45H33N/c1-5-31-32(6-2)35-22-20-28(24-38(35)34-17-11-10-16-33(31)34)29-21-23-36-39-26-40-37-18-12-13-19-43(37)46(30-14-8-7-9-15-30)44(40)27-42(39)45(3,4)41(36)25-29/h5-27H,1-2H2,3-4H3. The van der Waals surface area contributed by atoms with Gasteiger partial charge >= 0.3 is 0 Å². The van der Waals surface area contributed by atoms with Crippen LogP contribution in [0.3, 0.4) is 0 Å². The number of nitrogens with zero attached hydrogens (tertiary/aromatic N) is 1. The summed E-state index contributed by atoms with van der Waals surface area (Å²) in [6.45, 7) is 13.0. The van der Waals surface area contributed by atoms with Crippen LogP contribution < -0.4 is 0 Å². The van der Waals surface area contributed by atoms with Gasteiger partial charge in [0.15, 0.2) is 0 Å². The minimum atomic E-state index is -0.148. The molecule has 7 aromatic carbocycles. The van der Waals surface area contributed by atoms with Gasteiger partial charge in [0.2, 0.25) is 0 Å². The first-order valence-electron chi connectivity index (χ1n) is 16.0. The van der Waals surface area contributed by atoms with E-state index in [2.05, 4.69) is 159 Å². The molecule has 0 fully saturated rings. The molecule has 0 radical (unpaired) electrons. The van der Waals surface area contributed by atoms with Crippen molar-refractivity contribution in [2.75, 3.05) is 0 Å². The Morgan fingerprint density at radius 1 is 0.478 bits per heavy atom. The monoisotopic (exact) mass is 587 g/mol. The summed E-state index contributed by atoms with van der Waals surface area (Å²) >= 11 is 0. The van der Waals surface area contributed by atoms with Crippen molar-refractivity contribution in [3.05, 3.63) is 163 Å². The Labute approximate surface area is 269 Å². The summed E-state index contributed by atoms with van der Waals surface area (Å²) in [5.74, 6) is 0.